The summed E-state index contributed by atoms with van der Waals surface area (Å²) >= 11 is 0. The second-order valence-corrected chi connectivity index (χ2v) is 5.49. The fourth-order valence-electron chi connectivity index (χ4n) is 2.88. The molecule has 2 aromatic heterocycles. The van der Waals surface area contributed by atoms with Gasteiger partial charge in [-0.3, -0.25) is 4.68 Å². The van der Waals surface area contributed by atoms with Crippen molar-refractivity contribution in [3.05, 3.63) is 78.1 Å². The lowest BCUT2D eigenvalue weighted by molar-refractivity contribution is 0.574. The summed E-state index contributed by atoms with van der Waals surface area (Å²) in [5, 5.41) is 5.88. The second kappa shape index (κ2) is 5.74. The van der Waals surface area contributed by atoms with E-state index in [2.05, 4.69) is 24.3 Å². The topological polar surface area (TPSA) is 57.0 Å². The number of nitrogens with two attached hydrogens (primary N) is 1. The predicted molar refractivity (Wildman–Crippen MR) is 90.9 cm³/mol. The second-order valence-electron chi connectivity index (χ2n) is 5.49. The van der Waals surface area contributed by atoms with Crippen LogP contribution >= 0.6 is 0 Å². The van der Waals surface area contributed by atoms with E-state index in [-0.39, 0.29) is 0 Å². The zero-order valence-electron chi connectivity index (χ0n) is 12.6. The number of aromatic nitrogens is 2. The van der Waals surface area contributed by atoms with Gasteiger partial charge in [-0.1, -0.05) is 48.5 Å². The molecule has 114 valence electrons. The number of fused-ring (bicyclic) bond motifs is 1. The van der Waals surface area contributed by atoms with Crippen molar-refractivity contribution in [2.24, 2.45) is 5.73 Å². The van der Waals surface area contributed by atoms with Crippen LogP contribution in [0.2, 0.25) is 0 Å². The summed E-state index contributed by atoms with van der Waals surface area (Å²) in [6, 6.07) is 20.4. The average molecular weight is 303 g/mol. The first-order valence-electron chi connectivity index (χ1n) is 7.63. The molecule has 4 rings (SSSR count). The van der Waals surface area contributed by atoms with Gasteiger partial charge in [0.05, 0.1) is 18.3 Å². The number of para-hydroxylation sites is 1. The van der Waals surface area contributed by atoms with Crippen molar-refractivity contribution < 1.29 is 4.42 Å². The number of benzene rings is 2. The Morgan fingerprint density at radius 2 is 1.74 bits per heavy atom. The van der Waals surface area contributed by atoms with Gasteiger partial charge in [0, 0.05) is 17.5 Å². The maximum absolute atomic E-state index is 5.81. The van der Waals surface area contributed by atoms with Crippen molar-refractivity contribution in [1.82, 2.24) is 9.78 Å². The average Bonchev–Trinajstić information content (AvgIpc) is 3.20. The molecule has 23 heavy (non-hydrogen) atoms. The van der Waals surface area contributed by atoms with E-state index < -0.39 is 0 Å². The van der Waals surface area contributed by atoms with Gasteiger partial charge in [-0.15, -0.1) is 0 Å². The molecule has 4 heteroatoms. The third-order valence-corrected chi connectivity index (χ3v) is 4.01. The van der Waals surface area contributed by atoms with E-state index in [9.17, 15) is 0 Å². The van der Waals surface area contributed by atoms with Crippen LogP contribution in [0.5, 0.6) is 0 Å². The standard InChI is InChI=1S/C19H17N3O/c20-12-15-10-11-23-19(15)18-16-8-4-5-9-17(16)22(21-18)13-14-6-2-1-3-7-14/h1-11H,12-13,20H2. The monoisotopic (exact) mass is 303 g/mol. The molecule has 0 aliphatic carbocycles. The van der Waals surface area contributed by atoms with E-state index in [4.69, 9.17) is 15.2 Å². The number of furan rings is 1. The molecule has 2 heterocycles. The summed E-state index contributed by atoms with van der Waals surface area (Å²) in [5.74, 6) is 0.760. The van der Waals surface area contributed by atoms with Gasteiger partial charge < -0.3 is 10.2 Å². The molecule has 2 aromatic carbocycles. The fourth-order valence-corrected chi connectivity index (χ4v) is 2.88. The SMILES string of the molecule is NCc1ccoc1-c1nn(Cc2ccccc2)c2ccccc12. The maximum atomic E-state index is 5.81. The molecule has 0 amide bonds. The molecule has 0 bridgehead atoms. The Bertz CT molecular complexity index is 938. The Labute approximate surface area is 134 Å². The van der Waals surface area contributed by atoms with Crippen LogP contribution in [0.1, 0.15) is 11.1 Å². The molecule has 2 N–H and O–H groups in total. The minimum absolute atomic E-state index is 0.436. The van der Waals surface area contributed by atoms with Crippen LogP contribution in [0.25, 0.3) is 22.4 Å². The summed E-state index contributed by atoms with van der Waals surface area (Å²) in [6.45, 7) is 1.16. The number of rotatable bonds is 4. The first-order valence-corrected chi connectivity index (χ1v) is 7.63. The molecule has 0 radical (unpaired) electrons. The van der Waals surface area contributed by atoms with Gasteiger partial charge in [0.15, 0.2) is 5.76 Å². The molecular weight excluding hydrogens is 286 g/mol. The first-order chi connectivity index (χ1) is 11.4. The Hall–Kier alpha value is -2.85. The lowest BCUT2D eigenvalue weighted by Gasteiger charge is -2.03. The van der Waals surface area contributed by atoms with Gasteiger partial charge in [-0.25, -0.2) is 0 Å². The molecule has 0 aliphatic heterocycles. The molecule has 4 aromatic rings. The summed E-state index contributed by atoms with van der Waals surface area (Å²) < 4.78 is 7.67. The highest BCUT2D eigenvalue weighted by molar-refractivity contribution is 5.92. The van der Waals surface area contributed by atoms with Crippen LogP contribution in [0.3, 0.4) is 0 Å². The zero-order valence-corrected chi connectivity index (χ0v) is 12.6. The van der Waals surface area contributed by atoms with Crippen molar-refractivity contribution in [1.29, 1.82) is 0 Å². The number of nitrogens with zero attached hydrogens (tertiary/aromatic N) is 2. The van der Waals surface area contributed by atoms with Crippen molar-refractivity contribution in [3.63, 3.8) is 0 Å². The van der Waals surface area contributed by atoms with Crippen molar-refractivity contribution >= 4 is 10.9 Å². The van der Waals surface area contributed by atoms with Crippen molar-refractivity contribution in [2.75, 3.05) is 0 Å². The normalized spacial score (nSPS) is 11.2. The molecule has 0 unspecified atom stereocenters. The predicted octanol–water partition coefficient (Wildman–Crippen LogP) is 3.80. The van der Waals surface area contributed by atoms with E-state index in [1.165, 1.54) is 5.56 Å². The van der Waals surface area contributed by atoms with E-state index in [1.807, 2.05) is 41.1 Å². The molecule has 4 nitrogen and oxygen atoms in total. The smallest absolute Gasteiger partial charge is 0.159 e. The molecule has 0 saturated heterocycles. The van der Waals surface area contributed by atoms with Gasteiger partial charge >= 0.3 is 0 Å². The van der Waals surface area contributed by atoms with Crippen LogP contribution in [-0.2, 0) is 13.1 Å². The minimum Gasteiger partial charge on any atom is -0.462 e. The summed E-state index contributed by atoms with van der Waals surface area (Å²) in [6.07, 6.45) is 1.67. The third-order valence-electron chi connectivity index (χ3n) is 4.01. The third kappa shape index (κ3) is 2.43. The highest BCUT2D eigenvalue weighted by Gasteiger charge is 2.17. The lowest BCUT2D eigenvalue weighted by atomic mass is 10.1. The highest BCUT2D eigenvalue weighted by atomic mass is 16.3. The first kappa shape index (κ1) is 13.8. The van der Waals surface area contributed by atoms with E-state index in [0.717, 1.165) is 34.5 Å². The van der Waals surface area contributed by atoms with Crippen LogP contribution < -0.4 is 5.73 Å². The maximum Gasteiger partial charge on any atom is 0.159 e. The van der Waals surface area contributed by atoms with Gasteiger partial charge in [0.25, 0.3) is 0 Å². The summed E-state index contributed by atoms with van der Waals surface area (Å²) in [7, 11) is 0. The van der Waals surface area contributed by atoms with Gasteiger partial charge in [-0.2, -0.15) is 5.10 Å². The van der Waals surface area contributed by atoms with E-state index in [0.29, 0.717) is 6.54 Å². The van der Waals surface area contributed by atoms with Gasteiger partial charge in [-0.05, 0) is 17.7 Å². The van der Waals surface area contributed by atoms with Crippen molar-refractivity contribution in [2.45, 2.75) is 13.1 Å². The Balaban J connectivity index is 1.87. The summed E-state index contributed by atoms with van der Waals surface area (Å²) in [5.41, 5.74) is 9.94. The Kier molecular flexibility index (Phi) is 3.44. The molecule has 0 saturated carbocycles. The van der Waals surface area contributed by atoms with Gasteiger partial charge in [0.2, 0.25) is 0 Å². The Morgan fingerprint density at radius 1 is 0.957 bits per heavy atom. The van der Waals surface area contributed by atoms with Crippen LogP contribution in [0, 0.1) is 0 Å². The zero-order chi connectivity index (χ0) is 15.6. The highest BCUT2D eigenvalue weighted by Crippen LogP contribution is 2.31. The Morgan fingerprint density at radius 3 is 2.57 bits per heavy atom. The van der Waals surface area contributed by atoms with Crippen LogP contribution in [0.4, 0.5) is 0 Å². The quantitative estimate of drug-likeness (QED) is 0.624. The van der Waals surface area contributed by atoms with Crippen LogP contribution in [0.15, 0.2) is 71.3 Å². The lowest BCUT2D eigenvalue weighted by Crippen LogP contribution is -2.02. The fraction of sp³-hybridized carbons (Fsp3) is 0.105. The number of hydrogen-bond donors (Lipinski definition) is 1. The molecule has 0 aliphatic rings. The molecule has 0 fully saturated rings. The molecular formula is C19H17N3O. The minimum atomic E-state index is 0.436. The van der Waals surface area contributed by atoms with E-state index in [1.54, 1.807) is 6.26 Å². The molecule has 0 atom stereocenters. The van der Waals surface area contributed by atoms with Crippen LogP contribution in [-0.4, -0.2) is 9.78 Å². The molecule has 0 spiro atoms. The van der Waals surface area contributed by atoms with Gasteiger partial charge in [0.1, 0.15) is 5.69 Å². The largest absolute Gasteiger partial charge is 0.462 e. The summed E-state index contributed by atoms with van der Waals surface area (Å²) in [4.78, 5) is 0. The number of hydrogen-bond acceptors (Lipinski definition) is 3. The van der Waals surface area contributed by atoms with Crippen molar-refractivity contribution in [3.8, 4) is 11.5 Å². The van der Waals surface area contributed by atoms with E-state index >= 15 is 0 Å².